The summed E-state index contributed by atoms with van der Waals surface area (Å²) in [4.78, 5) is 12.1. The van der Waals surface area contributed by atoms with Gasteiger partial charge in [-0.2, -0.15) is 0 Å². The summed E-state index contributed by atoms with van der Waals surface area (Å²) in [6.07, 6.45) is 5.00. The largest absolute Gasteiger partial charge is 0.327 e. The Morgan fingerprint density at radius 3 is 2.75 bits per heavy atom. The lowest BCUT2D eigenvalue weighted by Crippen LogP contribution is -2.35. The van der Waals surface area contributed by atoms with Crippen LogP contribution in [0.25, 0.3) is 0 Å². The summed E-state index contributed by atoms with van der Waals surface area (Å²) in [6.45, 7) is 1.94. The Bertz CT molecular complexity index is 465. The van der Waals surface area contributed by atoms with Crippen molar-refractivity contribution in [2.75, 3.05) is 5.32 Å². The highest BCUT2D eigenvalue weighted by molar-refractivity contribution is 6.30. The van der Waals surface area contributed by atoms with Gasteiger partial charge < -0.3 is 11.1 Å². The number of carbonyl (C=O) groups excluding carboxylic acids is 1. The first-order chi connectivity index (χ1) is 9.06. The molecule has 0 aliphatic heterocycles. The third-order valence-corrected chi connectivity index (χ3v) is 4.11. The molecule has 20 heavy (non-hydrogen) atoms. The van der Waals surface area contributed by atoms with Gasteiger partial charge in [0, 0.05) is 23.2 Å². The van der Waals surface area contributed by atoms with E-state index in [4.69, 9.17) is 17.3 Å². The number of aryl methyl sites for hydroxylation is 1. The van der Waals surface area contributed by atoms with Gasteiger partial charge in [0.25, 0.3) is 0 Å². The number of amides is 1. The molecule has 1 amide bonds. The second kappa shape index (κ2) is 7.87. The Morgan fingerprint density at radius 1 is 1.40 bits per heavy atom. The number of nitrogens with two attached hydrogens (primary N) is 1. The highest BCUT2D eigenvalue weighted by Crippen LogP contribution is 2.26. The Hall–Kier alpha value is -0.770. The Balaban J connectivity index is 0.00000200. The minimum Gasteiger partial charge on any atom is -0.327 e. The summed E-state index contributed by atoms with van der Waals surface area (Å²) in [6, 6.07) is 5.65. The minimum absolute atomic E-state index is 0. The Labute approximate surface area is 131 Å². The molecule has 0 spiro atoms. The monoisotopic (exact) mass is 316 g/mol. The molecule has 1 aliphatic carbocycles. The summed E-state index contributed by atoms with van der Waals surface area (Å²) in [5, 5.41) is 3.64. The van der Waals surface area contributed by atoms with Crippen LogP contribution in [0.2, 0.25) is 5.02 Å². The van der Waals surface area contributed by atoms with Crippen molar-refractivity contribution in [1.82, 2.24) is 0 Å². The molecule has 1 aromatic carbocycles. The van der Waals surface area contributed by atoms with Gasteiger partial charge in [-0.15, -0.1) is 12.4 Å². The predicted octanol–water partition coefficient (Wildman–Crippen LogP) is 3.92. The summed E-state index contributed by atoms with van der Waals surface area (Å²) >= 11 is 5.90. The van der Waals surface area contributed by atoms with Crippen LogP contribution in [0, 0.1) is 12.8 Å². The van der Waals surface area contributed by atoms with Gasteiger partial charge >= 0.3 is 0 Å². The van der Waals surface area contributed by atoms with E-state index < -0.39 is 0 Å². The molecule has 5 heteroatoms. The van der Waals surface area contributed by atoms with E-state index in [1.807, 2.05) is 19.1 Å². The van der Waals surface area contributed by atoms with Gasteiger partial charge in [-0.1, -0.05) is 24.4 Å². The van der Waals surface area contributed by atoms with Crippen molar-refractivity contribution in [2.24, 2.45) is 11.7 Å². The molecule has 0 bridgehead atoms. The number of carbonyl (C=O) groups is 1. The molecule has 3 N–H and O–H groups in total. The van der Waals surface area contributed by atoms with E-state index >= 15 is 0 Å². The lowest BCUT2D eigenvalue weighted by Gasteiger charge is -2.28. The van der Waals surface area contributed by atoms with E-state index in [0.717, 1.165) is 24.1 Å². The average Bonchev–Trinajstić information content (AvgIpc) is 2.36. The third-order valence-electron chi connectivity index (χ3n) is 3.88. The first-order valence-electron chi connectivity index (χ1n) is 6.88. The fourth-order valence-electron chi connectivity index (χ4n) is 2.70. The van der Waals surface area contributed by atoms with E-state index in [-0.39, 0.29) is 24.4 Å². The quantitative estimate of drug-likeness (QED) is 0.888. The second-order valence-electron chi connectivity index (χ2n) is 5.42. The average molecular weight is 317 g/mol. The van der Waals surface area contributed by atoms with Crippen LogP contribution in [0.3, 0.4) is 0 Å². The number of rotatable bonds is 3. The van der Waals surface area contributed by atoms with Gasteiger partial charge in [-0.3, -0.25) is 4.79 Å². The zero-order chi connectivity index (χ0) is 13.8. The van der Waals surface area contributed by atoms with Crippen LogP contribution in [-0.2, 0) is 4.79 Å². The number of hydrogen-bond acceptors (Lipinski definition) is 2. The Morgan fingerprint density at radius 2 is 2.10 bits per heavy atom. The van der Waals surface area contributed by atoms with Gasteiger partial charge in [0.05, 0.1) is 0 Å². The topological polar surface area (TPSA) is 55.1 Å². The highest BCUT2D eigenvalue weighted by atomic mass is 35.5. The molecule has 1 fully saturated rings. The molecule has 1 aliphatic rings. The smallest absolute Gasteiger partial charge is 0.224 e. The third kappa shape index (κ3) is 4.65. The summed E-state index contributed by atoms with van der Waals surface area (Å²) in [5.74, 6) is 0.370. The molecular weight excluding hydrogens is 295 g/mol. The fourth-order valence-corrected chi connectivity index (χ4v) is 2.92. The summed E-state index contributed by atoms with van der Waals surface area (Å²) in [5.41, 5.74) is 7.89. The maximum atomic E-state index is 12.1. The fraction of sp³-hybridized carbons (Fsp3) is 0.533. The maximum Gasteiger partial charge on any atom is 0.224 e. The van der Waals surface area contributed by atoms with Crippen molar-refractivity contribution in [2.45, 2.75) is 45.1 Å². The molecule has 1 aromatic rings. The van der Waals surface area contributed by atoms with Crippen molar-refractivity contribution in [3.8, 4) is 0 Å². The van der Waals surface area contributed by atoms with Gasteiger partial charge in [0.2, 0.25) is 5.91 Å². The highest BCUT2D eigenvalue weighted by Gasteiger charge is 2.24. The minimum atomic E-state index is 0. The number of anilines is 1. The van der Waals surface area contributed by atoms with E-state index in [9.17, 15) is 4.79 Å². The van der Waals surface area contributed by atoms with Crippen LogP contribution in [0.4, 0.5) is 5.69 Å². The molecule has 0 heterocycles. The van der Waals surface area contributed by atoms with Gasteiger partial charge in [-0.25, -0.2) is 0 Å². The van der Waals surface area contributed by atoms with Crippen LogP contribution < -0.4 is 11.1 Å². The summed E-state index contributed by atoms with van der Waals surface area (Å²) in [7, 11) is 0. The van der Waals surface area contributed by atoms with E-state index in [2.05, 4.69) is 5.32 Å². The van der Waals surface area contributed by atoms with Gasteiger partial charge in [0.15, 0.2) is 0 Å². The SMILES string of the molecule is Cc1cc(Cl)ccc1NC(=O)CC1CCCCC1N.Cl. The molecule has 0 radical (unpaired) electrons. The van der Waals surface area contributed by atoms with Crippen molar-refractivity contribution in [3.05, 3.63) is 28.8 Å². The molecular formula is C15H22Cl2N2O. The zero-order valence-electron chi connectivity index (χ0n) is 11.7. The molecule has 3 nitrogen and oxygen atoms in total. The number of nitrogens with one attached hydrogen (secondary N) is 1. The Kier molecular flexibility index (Phi) is 6.80. The zero-order valence-corrected chi connectivity index (χ0v) is 13.3. The number of hydrogen-bond donors (Lipinski definition) is 2. The van der Waals surface area contributed by atoms with Crippen LogP contribution in [0.1, 0.15) is 37.7 Å². The van der Waals surface area contributed by atoms with Crippen molar-refractivity contribution in [3.63, 3.8) is 0 Å². The molecule has 2 unspecified atom stereocenters. The van der Waals surface area contributed by atoms with Crippen molar-refractivity contribution in [1.29, 1.82) is 0 Å². The van der Waals surface area contributed by atoms with Crippen LogP contribution in [0.15, 0.2) is 18.2 Å². The van der Waals surface area contributed by atoms with Crippen molar-refractivity contribution < 1.29 is 4.79 Å². The second-order valence-corrected chi connectivity index (χ2v) is 5.86. The number of halogens is 2. The first-order valence-corrected chi connectivity index (χ1v) is 7.25. The molecule has 112 valence electrons. The normalized spacial score (nSPS) is 21.9. The van der Waals surface area contributed by atoms with E-state index in [0.29, 0.717) is 17.4 Å². The van der Waals surface area contributed by atoms with Crippen molar-refractivity contribution >= 4 is 35.6 Å². The maximum absolute atomic E-state index is 12.1. The molecule has 2 rings (SSSR count). The number of benzene rings is 1. The molecule has 0 aromatic heterocycles. The van der Waals surface area contributed by atoms with Gasteiger partial charge in [0.1, 0.15) is 0 Å². The first kappa shape index (κ1) is 17.3. The summed E-state index contributed by atoms with van der Waals surface area (Å²) < 4.78 is 0. The van der Waals surface area contributed by atoms with E-state index in [1.54, 1.807) is 6.07 Å². The molecule has 0 saturated heterocycles. The van der Waals surface area contributed by atoms with Gasteiger partial charge in [-0.05, 0) is 49.4 Å². The lowest BCUT2D eigenvalue weighted by atomic mass is 9.83. The predicted molar refractivity (Wildman–Crippen MR) is 86.6 cm³/mol. The van der Waals surface area contributed by atoms with Crippen LogP contribution in [0.5, 0.6) is 0 Å². The van der Waals surface area contributed by atoms with E-state index in [1.165, 1.54) is 12.8 Å². The van der Waals surface area contributed by atoms with Crippen LogP contribution >= 0.6 is 24.0 Å². The molecule has 1 saturated carbocycles. The lowest BCUT2D eigenvalue weighted by molar-refractivity contribution is -0.117. The standard InChI is InChI=1S/C15H21ClN2O.ClH/c1-10-8-12(16)6-7-14(10)18-15(19)9-11-4-2-3-5-13(11)17;/h6-8,11,13H,2-5,9,17H2,1H3,(H,18,19);1H. The van der Waals surface area contributed by atoms with Crippen LogP contribution in [-0.4, -0.2) is 11.9 Å². The molecule has 2 atom stereocenters.